The minimum atomic E-state index is -0.398. The van der Waals surface area contributed by atoms with Gasteiger partial charge in [-0.3, -0.25) is 4.68 Å². The molecular formula is C18H18ClN3O2S. The number of thiazole rings is 1. The first-order valence-corrected chi connectivity index (χ1v) is 9.55. The molecule has 5 nitrogen and oxygen atoms in total. The lowest BCUT2D eigenvalue weighted by atomic mass is 10.2. The lowest BCUT2D eigenvalue weighted by molar-refractivity contribution is 0.0518. The highest BCUT2D eigenvalue weighted by molar-refractivity contribution is 7.18. The SMILES string of the molecule is CCOC(=O)c1cc(C)n(Cc2cc(Cl)cc3sc(C4CC4)nc23)n1. The molecule has 0 atom stereocenters. The van der Waals surface area contributed by atoms with Crippen molar-refractivity contribution in [3.05, 3.63) is 45.2 Å². The smallest absolute Gasteiger partial charge is 0.358 e. The first kappa shape index (κ1) is 16.5. The van der Waals surface area contributed by atoms with Crippen molar-refractivity contribution >= 4 is 39.1 Å². The van der Waals surface area contributed by atoms with E-state index in [1.165, 1.54) is 17.8 Å². The lowest BCUT2D eigenvalue weighted by Crippen LogP contribution is -2.08. The third kappa shape index (κ3) is 3.28. The van der Waals surface area contributed by atoms with Gasteiger partial charge in [0.1, 0.15) is 0 Å². The van der Waals surface area contributed by atoms with E-state index < -0.39 is 5.97 Å². The van der Waals surface area contributed by atoms with Crippen LogP contribution in [0.4, 0.5) is 0 Å². The largest absolute Gasteiger partial charge is 0.461 e. The summed E-state index contributed by atoms with van der Waals surface area (Å²) in [5.41, 5.74) is 3.24. The number of esters is 1. The van der Waals surface area contributed by atoms with Crippen molar-refractivity contribution in [2.24, 2.45) is 0 Å². The molecule has 7 heteroatoms. The number of fused-ring (bicyclic) bond motifs is 1. The molecule has 1 saturated carbocycles. The predicted molar refractivity (Wildman–Crippen MR) is 98.6 cm³/mol. The molecule has 4 rings (SSSR count). The van der Waals surface area contributed by atoms with Crippen LogP contribution in [0.15, 0.2) is 18.2 Å². The van der Waals surface area contributed by atoms with E-state index >= 15 is 0 Å². The van der Waals surface area contributed by atoms with Crippen molar-refractivity contribution in [1.29, 1.82) is 0 Å². The Labute approximate surface area is 154 Å². The number of nitrogens with zero attached hydrogens (tertiary/aromatic N) is 3. The van der Waals surface area contributed by atoms with Crippen LogP contribution in [0.5, 0.6) is 0 Å². The molecule has 0 bridgehead atoms. The molecule has 2 heterocycles. The zero-order valence-corrected chi connectivity index (χ0v) is 15.7. The summed E-state index contributed by atoms with van der Waals surface area (Å²) in [6.07, 6.45) is 2.45. The second-order valence-electron chi connectivity index (χ2n) is 6.29. The summed E-state index contributed by atoms with van der Waals surface area (Å²) >= 11 is 8.03. The summed E-state index contributed by atoms with van der Waals surface area (Å²) < 4.78 is 7.94. The van der Waals surface area contributed by atoms with Gasteiger partial charge in [-0.2, -0.15) is 5.10 Å². The molecule has 2 aromatic heterocycles. The second-order valence-corrected chi connectivity index (χ2v) is 7.79. The minimum absolute atomic E-state index is 0.328. The highest BCUT2D eigenvalue weighted by Crippen LogP contribution is 2.44. The fourth-order valence-electron chi connectivity index (χ4n) is 2.84. The van der Waals surface area contributed by atoms with E-state index in [0.29, 0.717) is 29.8 Å². The van der Waals surface area contributed by atoms with E-state index in [0.717, 1.165) is 21.5 Å². The van der Waals surface area contributed by atoms with Crippen LogP contribution in [0.3, 0.4) is 0 Å². The van der Waals surface area contributed by atoms with Gasteiger partial charge in [0.15, 0.2) is 5.69 Å². The van der Waals surface area contributed by atoms with Gasteiger partial charge in [-0.15, -0.1) is 11.3 Å². The lowest BCUT2D eigenvalue weighted by Gasteiger charge is -2.06. The van der Waals surface area contributed by atoms with Gasteiger partial charge >= 0.3 is 5.97 Å². The van der Waals surface area contributed by atoms with Crippen molar-refractivity contribution in [3.8, 4) is 0 Å². The summed E-state index contributed by atoms with van der Waals surface area (Å²) in [4.78, 5) is 16.7. The van der Waals surface area contributed by atoms with Gasteiger partial charge in [0, 0.05) is 22.2 Å². The Kier molecular flexibility index (Phi) is 4.25. The van der Waals surface area contributed by atoms with Crippen LogP contribution in [-0.4, -0.2) is 27.3 Å². The molecule has 3 aromatic rings. The highest BCUT2D eigenvalue weighted by atomic mass is 35.5. The number of carbonyl (C=O) groups is 1. The maximum Gasteiger partial charge on any atom is 0.358 e. The number of rotatable bonds is 5. The molecule has 1 aromatic carbocycles. The van der Waals surface area contributed by atoms with E-state index in [9.17, 15) is 4.79 Å². The quantitative estimate of drug-likeness (QED) is 0.613. The van der Waals surface area contributed by atoms with Crippen molar-refractivity contribution in [3.63, 3.8) is 0 Å². The number of aryl methyl sites for hydroxylation is 1. The number of hydrogen-bond acceptors (Lipinski definition) is 5. The van der Waals surface area contributed by atoms with E-state index in [1.54, 1.807) is 29.0 Å². The van der Waals surface area contributed by atoms with Gasteiger partial charge in [-0.25, -0.2) is 9.78 Å². The van der Waals surface area contributed by atoms with Crippen LogP contribution in [0.2, 0.25) is 5.02 Å². The minimum Gasteiger partial charge on any atom is -0.461 e. The fourth-order valence-corrected chi connectivity index (χ4v) is 4.37. The van der Waals surface area contributed by atoms with Gasteiger partial charge < -0.3 is 4.74 Å². The molecular weight excluding hydrogens is 358 g/mol. The van der Waals surface area contributed by atoms with Crippen LogP contribution in [-0.2, 0) is 11.3 Å². The first-order valence-electron chi connectivity index (χ1n) is 8.35. The van der Waals surface area contributed by atoms with Crippen molar-refractivity contribution in [2.75, 3.05) is 6.61 Å². The highest BCUT2D eigenvalue weighted by Gasteiger charge is 2.27. The molecule has 1 fully saturated rings. The normalized spacial score (nSPS) is 14.2. The van der Waals surface area contributed by atoms with Gasteiger partial charge in [0.05, 0.1) is 28.4 Å². The Hall–Kier alpha value is -1.92. The van der Waals surface area contributed by atoms with Crippen molar-refractivity contribution in [2.45, 2.75) is 39.2 Å². The molecule has 0 aliphatic heterocycles. The monoisotopic (exact) mass is 375 g/mol. The van der Waals surface area contributed by atoms with Gasteiger partial charge in [0.25, 0.3) is 0 Å². The topological polar surface area (TPSA) is 57.0 Å². The maximum absolute atomic E-state index is 11.9. The zero-order chi connectivity index (χ0) is 17.6. The molecule has 0 unspecified atom stereocenters. The Morgan fingerprint density at radius 2 is 2.20 bits per heavy atom. The molecule has 25 heavy (non-hydrogen) atoms. The number of hydrogen-bond donors (Lipinski definition) is 0. The summed E-state index contributed by atoms with van der Waals surface area (Å²) in [5, 5.41) is 6.28. The number of ether oxygens (including phenoxy) is 1. The first-order chi connectivity index (χ1) is 12.0. The van der Waals surface area contributed by atoms with Crippen LogP contribution >= 0.6 is 22.9 Å². The number of aromatic nitrogens is 3. The van der Waals surface area contributed by atoms with Gasteiger partial charge in [0.2, 0.25) is 0 Å². The molecule has 1 aliphatic carbocycles. The summed E-state index contributed by atoms with van der Waals surface area (Å²) in [5.74, 6) is 0.219. The molecule has 0 radical (unpaired) electrons. The fraction of sp³-hybridized carbons (Fsp3) is 0.389. The number of halogens is 1. The van der Waals surface area contributed by atoms with Crippen molar-refractivity contribution < 1.29 is 9.53 Å². The van der Waals surface area contributed by atoms with Crippen LogP contribution in [0.1, 0.15) is 52.4 Å². The van der Waals surface area contributed by atoms with Crippen LogP contribution < -0.4 is 0 Å². The number of benzene rings is 1. The van der Waals surface area contributed by atoms with E-state index in [1.807, 2.05) is 19.1 Å². The third-order valence-corrected chi connectivity index (χ3v) is 5.65. The second kappa shape index (κ2) is 6.42. The molecule has 0 saturated heterocycles. The van der Waals surface area contributed by atoms with Gasteiger partial charge in [-0.05, 0) is 44.9 Å². The average Bonchev–Trinajstić information content (AvgIpc) is 3.23. The predicted octanol–water partition coefficient (Wildman–Crippen LogP) is 4.56. The Balaban J connectivity index is 1.69. The summed E-state index contributed by atoms with van der Waals surface area (Å²) in [6.45, 7) is 4.57. The Bertz CT molecular complexity index is 959. The number of carbonyl (C=O) groups excluding carboxylic acids is 1. The molecule has 130 valence electrons. The molecule has 0 amide bonds. The van der Waals surface area contributed by atoms with Crippen molar-refractivity contribution in [1.82, 2.24) is 14.8 Å². The van der Waals surface area contributed by atoms with Crippen LogP contribution in [0.25, 0.3) is 10.2 Å². The Morgan fingerprint density at radius 1 is 1.40 bits per heavy atom. The summed E-state index contributed by atoms with van der Waals surface area (Å²) in [7, 11) is 0. The average molecular weight is 376 g/mol. The molecule has 0 N–H and O–H groups in total. The van der Waals surface area contributed by atoms with E-state index in [2.05, 4.69) is 5.10 Å². The molecule has 0 spiro atoms. The maximum atomic E-state index is 11.9. The third-order valence-electron chi connectivity index (χ3n) is 4.27. The van der Waals surface area contributed by atoms with Crippen LogP contribution in [0, 0.1) is 6.92 Å². The summed E-state index contributed by atoms with van der Waals surface area (Å²) in [6, 6.07) is 5.66. The van der Waals surface area contributed by atoms with Gasteiger partial charge in [-0.1, -0.05) is 11.6 Å². The Morgan fingerprint density at radius 3 is 2.92 bits per heavy atom. The van der Waals surface area contributed by atoms with E-state index in [-0.39, 0.29) is 0 Å². The van der Waals surface area contributed by atoms with E-state index in [4.69, 9.17) is 21.3 Å². The standard InChI is InChI=1S/C18H18ClN3O2S/c1-3-24-18(23)14-6-10(2)22(21-14)9-12-7-13(19)8-15-16(12)20-17(25-15)11-4-5-11/h6-8,11H,3-5,9H2,1-2H3. The molecule has 1 aliphatic rings. The zero-order valence-electron chi connectivity index (χ0n) is 14.1.